The van der Waals surface area contributed by atoms with Gasteiger partial charge in [-0.1, -0.05) is 17.7 Å². The summed E-state index contributed by atoms with van der Waals surface area (Å²) in [6.07, 6.45) is -0.308. The Labute approximate surface area is 151 Å². The molecule has 2 aromatic rings. The molecule has 10 nitrogen and oxygen atoms in total. The second-order valence-corrected chi connectivity index (χ2v) is 5.91. The smallest absolute Gasteiger partial charge is 0.318 e. The van der Waals surface area contributed by atoms with Gasteiger partial charge in [0, 0.05) is 17.1 Å². The summed E-state index contributed by atoms with van der Waals surface area (Å²) in [5.74, 6) is -2.57. The zero-order valence-corrected chi connectivity index (χ0v) is 13.9. The largest absolute Gasteiger partial charge is 0.351 e. The summed E-state index contributed by atoms with van der Waals surface area (Å²) in [4.78, 5) is 53.9. The van der Waals surface area contributed by atoms with Crippen LogP contribution in [-0.2, 0) is 9.59 Å². The van der Waals surface area contributed by atoms with Crippen molar-refractivity contribution in [2.24, 2.45) is 5.73 Å². The topological polar surface area (TPSA) is 159 Å². The summed E-state index contributed by atoms with van der Waals surface area (Å²) in [6.45, 7) is 0. The van der Waals surface area contributed by atoms with Crippen LogP contribution in [0.4, 0.5) is 22.2 Å². The van der Waals surface area contributed by atoms with Crippen LogP contribution >= 0.6 is 11.6 Å². The number of rotatable bonds is 3. The monoisotopic (exact) mass is 376 g/mol. The highest BCUT2D eigenvalue weighted by Gasteiger charge is 2.35. The number of anilines is 3. The minimum absolute atomic E-state index is 0.0484. The number of urea groups is 1. The number of carbonyl (C=O) groups is 3. The van der Waals surface area contributed by atoms with E-state index < -0.39 is 29.3 Å². The van der Waals surface area contributed by atoms with Crippen molar-refractivity contribution in [3.63, 3.8) is 0 Å². The van der Waals surface area contributed by atoms with Crippen LogP contribution in [0.5, 0.6) is 0 Å². The zero-order chi connectivity index (χ0) is 18.8. The molecule has 2 heterocycles. The Kier molecular flexibility index (Phi) is 4.59. The number of nitrogens with two attached hydrogens (primary N) is 1. The summed E-state index contributed by atoms with van der Waals surface area (Å²) in [5, 5.41) is 7.64. The number of aromatic amines is 1. The Morgan fingerprint density at radius 1 is 1.31 bits per heavy atom. The third kappa shape index (κ3) is 3.64. The van der Waals surface area contributed by atoms with Gasteiger partial charge in [0.15, 0.2) is 0 Å². The van der Waals surface area contributed by atoms with E-state index >= 15 is 0 Å². The van der Waals surface area contributed by atoms with Gasteiger partial charge in [-0.2, -0.15) is 4.98 Å². The number of amides is 4. The number of nitrogens with one attached hydrogen (secondary N) is 4. The minimum Gasteiger partial charge on any atom is -0.351 e. The average molecular weight is 377 g/mol. The maximum atomic E-state index is 12.4. The first kappa shape index (κ1) is 17.4. The summed E-state index contributed by atoms with van der Waals surface area (Å²) in [6, 6.07) is 5.62. The van der Waals surface area contributed by atoms with Crippen molar-refractivity contribution in [3.05, 3.63) is 45.2 Å². The quantitative estimate of drug-likeness (QED) is 0.532. The molecule has 1 aliphatic heterocycles. The van der Waals surface area contributed by atoms with Crippen molar-refractivity contribution in [1.82, 2.24) is 15.3 Å². The molecule has 0 radical (unpaired) electrons. The fraction of sp³-hybridized carbons (Fsp3) is 0.133. The van der Waals surface area contributed by atoms with E-state index in [-0.39, 0.29) is 23.8 Å². The van der Waals surface area contributed by atoms with Crippen molar-refractivity contribution in [2.45, 2.75) is 12.3 Å². The van der Waals surface area contributed by atoms with Crippen LogP contribution in [-0.4, -0.2) is 27.8 Å². The first-order chi connectivity index (χ1) is 12.3. The number of H-pyrrole nitrogens is 1. The van der Waals surface area contributed by atoms with Gasteiger partial charge in [-0.05, 0) is 18.2 Å². The molecule has 134 valence electrons. The molecular weight excluding hydrogens is 364 g/mol. The SMILES string of the molecule is NC(=O)NC(=O)[C@H]1CC(=O)Nc2nc(Nc3cccc(Cl)c3)[nH]c(=O)c21. The number of imide groups is 1. The van der Waals surface area contributed by atoms with Gasteiger partial charge < -0.3 is 16.4 Å². The number of aromatic nitrogens is 2. The number of fused-ring (bicyclic) bond motifs is 1. The Morgan fingerprint density at radius 2 is 2.08 bits per heavy atom. The highest BCUT2D eigenvalue weighted by atomic mass is 35.5. The molecule has 0 unspecified atom stereocenters. The standard InChI is InChI=1S/C15H13ClN6O4/c16-6-2-1-3-7(4-6)18-15-20-11-10(13(25)22-15)8(5-9(23)19-11)12(24)21-14(17)26/h1-4,8H,5H2,(H3,17,21,24,26)(H3,18,19,20,22,23,25)/t8-/m0/s1. The molecule has 3 rings (SSSR count). The Bertz CT molecular complexity index is 973. The number of nitrogens with zero attached hydrogens (tertiary/aromatic N) is 1. The zero-order valence-electron chi connectivity index (χ0n) is 13.1. The van der Waals surface area contributed by atoms with Crippen molar-refractivity contribution >= 4 is 46.9 Å². The Morgan fingerprint density at radius 3 is 2.77 bits per heavy atom. The van der Waals surface area contributed by atoms with Gasteiger partial charge in [0.2, 0.25) is 17.8 Å². The van der Waals surface area contributed by atoms with Gasteiger partial charge in [0.05, 0.1) is 11.5 Å². The van der Waals surface area contributed by atoms with E-state index in [9.17, 15) is 19.2 Å². The molecule has 1 aromatic heterocycles. The first-order valence-electron chi connectivity index (χ1n) is 7.40. The maximum absolute atomic E-state index is 12.4. The maximum Gasteiger partial charge on any atom is 0.318 e. The number of halogens is 1. The van der Waals surface area contributed by atoms with Crippen LogP contribution in [0, 0.1) is 0 Å². The van der Waals surface area contributed by atoms with E-state index in [2.05, 4.69) is 20.6 Å². The van der Waals surface area contributed by atoms with Crippen LogP contribution in [0.2, 0.25) is 5.02 Å². The molecule has 0 spiro atoms. The molecule has 0 bridgehead atoms. The third-order valence-electron chi connectivity index (χ3n) is 3.60. The molecule has 0 fully saturated rings. The Hall–Kier alpha value is -3.40. The van der Waals surface area contributed by atoms with E-state index in [0.717, 1.165) is 0 Å². The predicted octanol–water partition coefficient (Wildman–Crippen LogP) is 0.788. The number of hydrogen-bond acceptors (Lipinski definition) is 6. The van der Waals surface area contributed by atoms with Gasteiger partial charge in [-0.3, -0.25) is 24.7 Å². The molecule has 0 saturated heterocycles. The molecule has 0 aliphatic carbocycles. The molecule has 11 heteroatoms. The fourth-order valence-electron chi connectivity index (χ4n) is 2.57. The number of carbonyl (C=O) groups excluding carboxylic acids is 3. The summed E-state index contributed by atoms with van der Waals surface area (Å²) in [7, 11) is 0. The summed E-state index contributed by atoms with van der Waals surface area (Å²) in [5.41, 5.74) is 4.79. The molecule has 1 aliphatic rings. The lowest BCUT2D eigenvalue weighted by Gasteiger charge is -2.23. The summed E-state index contributed by atoms with van der Waals surface area (Å²) < 4.78 is 0. The van der Waals surface area contributed by atoms with E-state index in [1.165, 1.54) is 0 Å². The number of benzene rings is 1. The Balaban J connectivity index is 1.97. The second-order valence-electron chi connectivity index (χ2n) is 5.47. The van der Waals surface area contributed by atoms with Gasteiger partial charge in [-0.25, -0.2) is 4.79 Å². The van der Waals surface area contributed by atoms with Crippen LogP contribution < -0.4 is 27.2 Å². The molecule has 6 N–H and O–H groups in total. The lowest BCUT2D eigenvalue weighted by molar-refractivity contribution is -0.125. The molecule has 26 heavy (non-hydrogen) atoms. The molecular formula is C15H13ClN6O4. The van der Waals surface area contributed by atoms with E-state index in [1.807, 2.05) is 5.32 Å². The van der Waals surface area contributed by atoms with Crippen molar-refractivity contribution in [1.29, 1.82) is 0 Å². The van der Waals surface area contributed by atoms with Gasteiger partial charge in [0.1, 0.15) is 5.82 Å². The molecule has 4 amide bonds. The first-order valence-corrected chi connectivity index (χ1v) is 7.78. The van der Waals surface area contributed by atoms with Crippen LogP contribution in [0.1, 0.15) is 17.9 Å². The number of primary amides is 1. The third-order valence-corrected chi connectivity index (χ3v) is 3.84. The highest BCUT2D eigenvalue weighted by molar-refractivity contribution is 6.30. The molecule has 0 saturated carbocycles. The highest BCUT2D eigenvalue weighted by Crippen LogP contribution is 2.29. The van der Waals surface area contributed by atoms with Crippen molar-refractivity contribution in [2.75, 3.05) is 10.6 Å². The van der Waals surface area contributed by atoms with Crippen LogP contribution in [0.25, 0.3) is 0 Å². The number of hydrogen-bond donors (Lipinski definition) is 5. The van der Waals surface area contributed by atoms with Crippen LogP contribution in [0.3, 0.4) is 0 Å². The fourth-order valence-corrected chi connectivity index (χ4v) is 2.76. The molecule has 1 aromatic carbocycles. The van der Waals surface area contributed by atoms with Gasteiger partial charge in [0.25, 0.3) is 5.56 Å². The molecule has 1 atom stereocenters. The summed E-state index contributed by atoms with van der Waals surface area (Å²) >= 11 is 5.90. The second kappa shape index (κ2) is 6.84. The van der Waals surface area contributed by atoms with Crippen molar-refractivity contribution < 1.29 is 14.4 Å². The van der Waals surface area contributed by atoms with Gasteiger partial charge in [-0.15, -0.1) is 0 Å². The van der Waals surface area contributed by atoms with E-state index in [0.29, 0.717) is 10.7 Å². The van der Waals surface area contributed by atoms with Crippen LogP contribution in [0.15, 0.2) is 29.1 Å². The van der Waals surface area contributed by atoms with E-state index in [1.54, 1.807) is 24.3 Å². The lowest BCUT2D eigenvalue weighted by Crippen LogP contribution is -2.43. The lowest BCUT2D eigenvalue weighted by atomic mass is 9.92. The van der Waals surface area contributed by atoms with Crippen molar-refractivity contribution in [3.8, 4) is 0 Å². The average Bonchev–Trinajstić information content (AvgIpc) is 2.53. The predicted molar refractivity (Wildman–Crippen MR) is 93.3 cm³/mol. The van der Waals surface area contributed by atoms with E-state index in [4.69, 9.17) is 17.3 Å². The minimum atomic E-state index is -1.18. The van der Waals surface area contributed by atoms with Gasteiger partial charge >= 0.3 is 6.03 Å². The normalized spacial score (nSPS) is 15.6.